The van der Waals surface area contributed by atoms with Crippen LogP contribution in [-0.4, -0.2) is 49.6 Å². The van der Waals surface area contributed by atoms with Crippen molar-refractivity contribution in [3.63, 3.8) is 0 Å². The van der Waals surface area contributed by atoms with Gasteiger partial charge in [0, 0.05) is 37.0 Å². The quantitative estimate of drug-likeness (QED) is 0.386. The molecule has 23 heavy (non-hydrogen) atoms. The number of aliphatic imine (C=N–C) groups is 1. The van der Waals surface area contributed by atoms with E-state index in [0.29, 0.717) is 12.1 Å². The summed E-state index contributed by atoms with van der Waals surface area (Å²) < 4.78 is 0.168. The Kier molecular flexibility index (Phi) is 8.55. The number of benzene rings is 1. The Balaban J connectivity index is 2.19. The minimum atomic E-state index is -0.0326. The van der Waals surface area contributed by atoms with E-state index in [0.717, 1.165) is 25.5 Å². The third kappa shape index (κ3) is 7.93. The standard InChI is InChI=1S/C17H28N4OS/c1-17(2,23-4)13-21-16(18-3)20-12-8-11-19-15(22)14-9-6-5-7-10-14/h5-7,9-10H,8,11-13H2,1-4H3,(H,19,22)(H2,18,20,21). The average molecular weight is 337 g/mol. The van der Waals surface area contributed by atoms with Gasteiger partial charge in [0.05, 0.1) is 0 Å². The lowest BCUT2D eigenvalue weighted by Crippen LogP contribution is -2.43. The number of carbonyl (C=O) groups is 1. The van der Waals surface area contributed by atoms with Crippen LogP contribution < -0.4 is 16.0 Å². The molecule has 0 saturated heterocycles. The number of nitrogens with zero attached hydrogens (tertiary/aromatic N) is 1. The van der Waals surface area contributed by atoms with E-state index in [1.165, 1.54) is 0 Å². The number of thioether (sulfide) groups is 1. The van der Waals surface area contributed by atoms with Crippen LogP contribution in [0.4, 0.5) is 0 Å². The zero-order valence-corrected chi connectivity index (χ0v) is 15.3. The molecule has 0 saturated carbocycles. The molecule has 0 aliphatic carbocycles. The second-order valence-electron chi connectivity index (χ2n) is 5.79. The summed E-state index contributed by atoms with van der Waals surface area (Å²) in [6.07, 6.45) is 2.94. The van der Waals surface area contributed by atoms with Crippen molar-refractivity contribution in [3.8, 4) is 0 Å². The topological polar surface area (TPSA) is 65.5 Å². The highest BCUT2D eigenvalue weighted by atomic mass is 32.2. The highest BCUT2D eigenvalue weighted by molar-refractivity contribution is 7.99. The summed E-state index contributed by atoms with van der Waals surface area (Å²) in [4.78, 5) is 16.1. The second-order valence-corrected chi connectivity index (χ2v) is 7.31. The molecule has 0 atom stereocenters. The Morgan fingerprint density at radius 3 is 2.39 bits per heavy atom. The summed E-state index contributed by atoms with van der Waals surface area (Å²) in [5, 5.41) is 9.49. The van der Waals surface area contributed by atoms with Gasteiger partial charge in [-0.25, -0.2) is 0 Å². The zero-order chi connectivity index (χ0) is 17.1. The number of hydrogen-bond acceptors (Lipinski definition) is 3. The van der Waals surface area contributed by atoms with E-state index in [1.807, 2.05) is 42.1 Å². The first-order valence-electron chi connectivity index (χ1n) is 7.81. The molecule has 0 radical (unpaired) electrons. The minimum Gasteiger partial charge on any atom is -0.356 e. The zero-order valence-electron chi connectivity index (χ0n) is 14.5. The lowest BCUT2D eigenvalue weighted by molar-refractivity contribution is 0.0953. The van der Waals surface area contributed by atoms with Gasteiger partial charge in [-0.05, 0) is 38.7 Å². The monoisotopic (exact) mass is 336 g/mol. The Morgan fingerprint density at radius 1 is 1.13 bits per heavy atom. The predicted molar refractivity (Wildman–Crippen MR) is 100 cm³/mol. The number of nitrogens with one attached hydrogen (secondary N) is 3. The van der Waals surface area contributed by atoms with Gasteiger partial charge in [0.25, 0.3) is 5.91 Å². The summed E-state index contributed by atoms with van der Waals surface area (Å²) >= 11 is 1.82. The van der Waals surface area contributed by atoms with Crippen LogP contribution in [0.5, 0.6) is 0 Å². The molecule has 0 aromatic heterocycles. The Bertz CT molecular complexity index is 503. The van der Waals surface area contributed by atoms with E-state index >= 15 is 0 Å². The summed E-state index contributed by atoms with van der Waals surface area (Å²) in [5.74, 6) is 0.760. The maximum atomic E-state index is 11.9. The third-order valence-electron chi connectivity index (χ3n) is 3.43. The fourth-order valence-electron chi connectivity index (χ4n) is 1.78. The van der Waals surface area contributed by atoms with Crippen molar-refractivity contribution < 1.29 is 4.79 Å². The molecule has 0 unspecified atom stereocenters. The summed E-state index contributed by atoms with van der Waals surface area (Å²) in [6.45, 7) is 6.62. The second kappa shape index (κ2) is 10.2. The van der Waals surface area contributed by atoms with E-state index in [1.54, 1.807) is 7.05 Å². The van der Waals surface area contributed by atoms with Gasteiger partial charge in [0.1, 0.15) is 0 Å². The number of carbonyl (C=O) groups excluding carboxylic acids is 1. The molecule has 0 aliphatic heterocycles. The molecule has 1 rings (SSSR count). The average Bonchev–Trinajstić information content (AvgIpc) is 2.57. The van der Waals surface area contributed by atoms with Crippen molar-refractivity contribution in [1.29, 1.82) is 0 Å². The van der Waals surface area contributed by atoms with E-state index in [2.05, 4.69) is 41.0 Å². The number of rotatable bonds is 8. The number of amides is 1. The smallest absolute Gasteiger partial charge is 0.251 e. The van der Waals surface area contributed by atoms with Gasteiger partial charge in [-0.15, -0.1) is 0 Å². The molecule has 1 aromatic carbocycles. The summed E-state index contributed by atoms with van der Waals surface area (Å²) in [6, 6.07) is 9.25. The van der Waals surface area contributed by atoms with Crippen LogP contribution in [0.15, 0.2) is 35.3 Å². The van der Waals surface area contributed by atoms with Gasteiger partial charge in [-0.1, -0.05) is 18.2 Å². The van der Waals surface area contributed by atoms with Crippen LogP contribution in [-0.2, 0) is 0 Å². The molecule has 0 aliphatic rings. The van der Waals surface area contributed by atoms with Gasteiger partial charge < -0.3 is 16.0 Å². The van der Waals surface area contributed by atoms with Gasteiger partial charge >= 0.3 is 0 Å². The molecule has 0 fully saturated rings. The van der Waals surface area contributed by atoms with Crippen LogP contribution in [0.1, 0.15) is 30.6 Å². The molecular formula is C17H28N4OS. The van der Waals surface area contributed by atoms with Crippen LogP contribution >= 0.6 is 11.8 Å². The molecule has 3 N–H and O–H groups in total. The van der Waals surface area contributed by atoms with Gasteiger partial charge in [-0.2, -0.15) is 11.8 Å². The van der Waals surface area contributed by atoms with E-state index in [4.69, 9.17) is 0 Å². The van der Waals surface area contributed by atoms with Crippen molar-refractivity contribution in [3.05, 3.63) is 35.9 Å². The lowest BCUT2D eigenvalue weighted by atomic mass is 10.2. The highest BCUT2D eigenvalue weighted by Crippen LogP contribution is 2.19. The summed E-state index contributed by atoms with van der Waals surface area (Å²) in [5.41, 5.74) is 0.692. The first-order valence-corrected chi connectivity index (χ1v) is 9.04. The molecule has 0 heterocycles. The summed E-state index contributed by atoms with van der Waals surface area (Å²) in [7, 11) is 1.76. The number of guanidine groups is 1. The fraction of sp³-hybridized carbons (Fsp3) is 0.529. The molecular weight excluding hydrogens is 308 g/mol. The Morgan fingerprint density at radius 2 is 1.78 bits per heavy atom. The highest BCUT2D eigenvalue weighted by Gasteiger charge is 2.15. The molecule has 1 amide bonds. The minimum absolute atomic E-state index is 0.0326. The van der Waals surface area contributed by atoms with Gasteiger partial charge in [0.2, 0.25) is 0 Å². The van der Waals surface area contributed by atoms with Crippen molar-refractivity contribution in [1.82, 2.24) is 16.0 Å². The predicted octanol–water partition coefficient (Wildman–Crippen LogP) is 2.11. The van der Waals surface area contributed by atoms with Crippen LogP contribution in [0, 0.1) is 0 Å². The lowest BCUT2D eigenvalue weighted by Gasteiger charge is -2.23. The van der Waals surface area contributed by atoms with E-state index in [-0.39, 0.29) is 10.7 Å². The first-order chi connectivity index (χ1) is 11.0. The molecule has 128 valence electrons. The Labute approximate surface area is 143 Å². The SMILES string of the molecule is CN=C(NCCCNC(=O)c1ccccc1)NCC(C)(C)SC. The van der Waals surface area contributed by atoms with Crippen molar-refractivity contribution in [2.75, 3.05) is 32.9 Å². The molecule has 1 aromatic rings. The fourth-order valence-corrected chi connectivity index (χ4v) is 1.99. The largest absolute Gasteiger partial charge is 0.356 e. The van der Waals surface area contributed by atoms with Gasteiger partial charge in [-0.3, -0.25) is 9.79 Å². The van der Waals surface area contributed by atoms with Crippen molar-refractivity contribution >= 4 is 23.6 Å². The maximum Gasteiger partial charge on any atom is 0.251 e. The normalized spacial score (nSPS) is 11.9. The third-order valence-corrected chi connectivity index (χ3v) is 4.67. The van der Waals surface area contributed by atoms with Crippen LogP contribution in [0.3, 0.4) is 0 Å². The molecule has 6 heteroatoms. The molecule has 5 nitrogen and oxygen atoms in total. The molecule has 0 spiro atoms. The van der Waals surface area contributed by atoms with E-state index < -0.39 is 0 Å². The van der Waals surface area contributed by atoms with Crippen LogP contribution in [0.2, 0.25) is 0 Å². The molecule has 0 bridgehead atoms. The van der Waals surface area contributed by atoms with Crippen LogP contribution in [0.25, 0.3) is 0 Å². The Hall–Kier alpha value is -1.69. The first kappa shape index (κ1) is 19.4. The van der Waals surface area contributed by atoms with Crippen molar-refractivity contribution in [2.24, 2.45) is 4.99 Å². The van der Waals surface area contributed by atoms with Crippen molar-refractivity contribution in [2.45, 2.75) is 25.0 Å². The maximum absolute atomic E-state index is 11.9. The van der Waals surface area contributed by atoms with E-state index in [9.17, 15) is 4.79 Å². The van der Waals surface area contributed by atoms with Gasteiger partial charge in [0.15, 0.2) is 5.96 Å². The number of hydrogen-bond donors (Lipinski definition) is 3.